The smallest absolute Gasteiger partial charge is 0.263 e. The fraction of sp³-hybridized carbons (Fsp3) is 0.300. The summed E-state index contributed by atoms with van der Waals surface area (Å²) in [5.41, 5.74) is 0.957. The maximum absolute atomic E-state index is 12.6. The largest absolute Gasteiger partial charge is 0.490 e. The maximum atomic E-state index is 12.6. The monoisotopic (exact) mass is 402 g/mol. The van der Waals surface area contributed by atoms with E-state index < -0.39 is 0 Å². The molecule has 1 unspecified atom stereocenters. The number of hydrogen-bond acceptors (Lipinski definition) is 6. The third kappa shape index (κ3) is 4.67. The first-order valence-corrected chi connectivity index (χ1v) is 10.5. The molecule has 7 heteroatoms. The lowest BCUT2D eigenvalue weighted by Crippen LogP contribution is -2.25. The Morgan fingerprint density at radius 1 is 1.19 bits per heavy atom. The van der Waals surface area contributed by atoms with Gasteiger partial charge in [0.25, 0.3) is 5.91 Å². The summed E-state index contributed by atoms with van der Waals surface area (Å²) in [6.45, 7) is 6.94. The van der Waals surface area contributed by atoms with Crippen molar-refractivity contribution in [2.45, 2.75) is 26.8 Å². The van der Waals surface area contributed by atoms with Gasteiger partial charge in [0.1, 0.15) is 9.88 Å². The first-order chi connectivity index (χ1) is 13.1. The third-order valence-corrected chi connectivity index (χ3v) is 5.91. The first kappa shape index (κ1) is 19.4. The van der Waals surface area contributed by atoms with E-state index in [0.717, 1.165) is 15.4 Å². The number of thiophene rings is 1. The van der Waals surface area contributed by atoms with Crippen molar-refractivity contribution in [3.63, 3.8) is 0 Å². The van der Waals surface area contributed by atoms with E-state index in [9.17, 15) is 4.79 Å². The highest BCUT2D eigenvalue weighted by Crippen LogP contribution is 2.32. The van der Waals surface area contributed by atoms with E-state index in [2.05, 4.69) is 10.3 Å². The van der Waals surface area contributed by atoms with Crippen LogP contribution in [0.25, 0.3) is 9.88 Å². The van der Waals surface area contributed by atoms with Gasteiger partial charge in [-0.25, -0.2) is 4.98 Å². The third-order valence-electron chi connectivity index (χ3n) is 3.88. The number of amides is 1. The molecule has 0 aliphatic heterocycles. The molecule has 1 amide bonds. The van der Waals surface area contributed by atoms with Gasteiger partial charge in [-0.05, 0) is 49.9 Å². The SMILES string of the molecule is CCOc1ccc(C(C)NC(=O)c2cnc(-c3cccs3)s2)cc1OCC. The van der Waals surface area contributed by atoms with E-state index in [1.807, 2.05) is 56.5 Å². The van der Waals surface area contributed by atoms with Gasteiger partial charge in [-0.2, -0.15) is 0 Å². The number of hydrogen-bond donors (Lipinski definition) is 1. The maximum Gasteiger partial charge on any atom is 0.263 e. The predicted molar refractivity (Wildman–Crippen MR) is 110 cm³/mol. The van der Waals surface area contributed by atoms with Crippen LogP contribution in [0.5, 0.6) is 11.5 Å². The molecule has 142 valence electrons. The molecule has 0 radical (unpaired) electrons. The van der Waals surface area contributed by atoms with Crippen LogP contribution in [0.1, 0.15) is 42.0 Å². The summed E-state index contributed by atoms with van der Waals surface area (Å²) in [7, 11) is 0. The zero-order chi connectivity index (χ0) is 19.2. The van der Waals surface area contributed by atoms with Gasteiger partial charge in [-0.1, -0.05) is 12.1 Å². The Morgan fingerprint density at radius 3 is 2.67 bits per heavy atom. The van der Waals surface area contributed by atoms with Crippen LogP contribution >= 0.6 is 22.7 Å². The Balaban J connectivity index is 1.72. The molecular weight excluding hydrogens is 380 g/mol. The van der Waals surface area contributed by atoms with Gasteiger partial charge >= 0.3 is 0 Å². The van der Waals surface area contributed by atoms with E-state index >= 15 is 0 Å². The molecule has 0 aliphatic carbocycles. The average molecular weight is 403 g/mol. The van der Waals surface area contributed by atoms with Crippen molar-refractivity contribution in [2.75, 3.05) is 13.2 Å². The first-order valence-electron chi connectivity index (χ1n) is 8.82. The van der Waals surface area contributed by atoms with E-state index in [4.69, 9.17) is 9.47 Å². The summed E-state index contributed by atoms with van der Waals surface area (Å²) in [5, 5.41) is 5.89. The average Bonchev–Trinajstić information content (AvgIpc) is 3.35. The highest BCUT2D eigenvalue weighted by atomic mass is 32.1. The predicted octanol–water partition coefficient (Wildman–Crippen LogP) is 5.16. The molecule has 27 heavy (non-hydrogen) atoms. The van der Waals surface area contributed by atoms with E-state index in [1.165, 1.54) is 11.3 Å². The van der Waals surface area contributed by atoms with Crippen molar-refractivity contribution in [1.29, 1.82) is 0 Å². The van der Waals surface area contributed by atoms with E-state index in [0.29, 0.717) is 29.6 Å². The summed E-state index contributed by atoms with van der Waals surface area (Å²) in [4.78, 5) is 18.6. The van der Waals surface area contributed by atoms with Gasteiger partial charge in [0.05, 0.1) is 30.3 Å². The second kappa shape index (κ2) is 9.01. The fourth-order valence-electron chi connectivity index (χ4n) is 2.58. The molecule has 1 atom stereocenters. The van der Waals surface area contributed by atoms with Crippen molar-refractivity contribution in [1.82, 2.24) is 10.3 Å². The molecule has 0 fully saturated rings. The molecule has 1 N–H and O–H groups in total. The highest BCUT2D eigenvalue weighted by Gasteiger charge is 2.17. The Kier molecular flexibility index (Phi) is 6.47. The summed E-state index contributed by atoms with van der Waals surface area (Å²) in [6, 6.07) is 9.56. The van der Waals surface area contributed by atoms with Gasteiger partial charge < -0.3 is 14.8 Å². The van der Waals surface area contributed by atoms with Crippen molar-refractivity contribution in [3.05, 3.63) is 52.3 Å². The fourth-order valence-corrected chi connectivity index (χ4v) is 4.20. The van der Waals surface area contributed by atoms with Crippen molar-refractivity contribution in [3.8, 4) is 21.4 Å². The highest BCUT2D eigenvalue weighted by molar-refractivity contribution is 7.21. The summed E-state index contributed by atoms with van der Waals surface area (Å²) < 4.78 is 11.3. The minimum atomic E-state index is -0.167. The van der Waals surface area contributed by atoms with Gasteiger partial charge in [0.15, 0.2) is 11.5 Å². The number of rotatable bonds is 8. The summed E-state index contributed by atoms with van der Waals surface area (Å²) in [6.07, 6.45) is 1.63. The zero-order valence-corrected chi connectivity index (χ0v) is 17.2. The second-order valence-electron chi connectivity index (χ2n) is 5.77. The van der Waals surface area contributed by atoms with Crippen LogP contribution in [-0.2, 0) is 0 Å². The zero-order valence-electron chi connectivity index (χ0n) is 15.5. The van der Waals surface area contributed by atoms with Crippen molar-refractivity contribution < 1.29 is 14.3 Å². The topological polar surface area (TPSA) is 60.5 Å². The molecule has 2 aromatic heterocycles. The minimum Gasteiger partial charge on any atom is -0.490 e. The van der Waals surface area contributed by atoms with Crippen LogP contribution in [0.2, 0.25) is 0 Å². The normalized spacial score (nSPS) is 11.8. The second-order valence-corrected chi connectivity index (χ2v) is 7.75. The van der Waals surface area contributed by atoms with Crippen LogP contribution in [0.15, 0.2) is 41.9 Å². The minimum absolute atomic E-state index is 0.130. The van der Waals surface area contributed by atoms with Crippen molar-refractivity contribution in [2.24, 2.45) is 0 Å². The van der Waals surface area contributed by atoms with Crippen LogP contribution in [0.4, 0.5) is 0 Å². The molecule has 3 rings (SSSR count). The molecule has 1 aromatic carbocycles. The molecule has 0 spiro atoms. The molecule has 0 saturated carbocycles. The molecule has 0 saturated heterocycles. The standard InChI is InChI=1S/C20H22N2O3S2/c1-4-24-15-9-8-14(11-16(15)25-5-2)13(3)22-19(23)18-12-21-20(27-18)17-7-6-10-26-17/h6-13H,4-5H2,1-3H3,(H,22,23). The lowest BCUT2D eigenvalue weighted by Gasteiger charge is -2.17. The lowest BCUT2D eigenvalue weighted by atomic mass is 10.1. The Morgan fingerprint density at radius 2 is 1.96 bits per heavy atom. The number of thiazole rings is 1. The number of carbonyl (C=O) groups excluding carboxylic acids is 1. The van der Waals surface area contributed by atoms with Crippen molar-refractivity contribution >= 4 is 28.6 Å². The molecule has 0 aliphatic rings. The lowest BCUT2D eigenvalue weighted by molar-refractivity contribution is 0.0943. The number of ether oxygens (including phenoxy) is 2. The number of carbonyl (C=O) groups is 1. The molecule has 5 nitrogen and oxygen atoms in total. The molecule has 2 heterocycles. The van der Waals surface area contributed by atoms with Gasteiger partial charge in [0.2, 0.25) is 0 Å². The summed E-state index contributed by atoms with van der Waals surface area (Å²) in [5.74, 6) is 1.27. The number of nitrogens with one attached hydrogen (secondary N) is 1. The molecular formula is C20H22N2O3S2. The number of aromatic nitrogens is 1. The van der Waals surface area contributed by atoms with Gasteiger partial charge in [-0.15, -0.1) is 22.7 Å². The van der Waals surface area contributed by atoms with E-state index in [1.54, 1.807) is 17.5 Å². The quantitative estimate of drug-likeness (QED) is 0.565. The van der Waals surface area contributed by atoms with Crippen LogP contribution in [-0.4, -0.2) is 24.1 Å². The molecule has 3 aromatic rings. The van der Waals surface area contributed by atoms with Crippen LogP contribution in [0, 0.1) is 0 Å². The Hall–Kier alpha value is -2.38. The number of benzene rings is 1. The van der Waals surface area contributed by atoms with Crippen LogP contribution < -0.4 is 14.8 Å². The number of nitrogens with zero attached hydrogens (tertiary/aromatic N) is 1. The Labute approximate surface area is 167 Å². The molecule has 0 bridgehead atoms. The Bertz CT molecular complexity index is 891. The van der Waals surface area contributed by atoms with Crippen LogP contribution in [0.3, 0.4) is 0 Å². The summed E-state index contributed by atoms with van der Waals surface area (Å²) >= 11 is 3.01. The van der Waals surface area contributed by atoms with E-state index in [-0.39, 0.29) is 11.9 Å². The van der Waals surface area contributed by atoms with Gasteiger partial charge in [-0.3, -0.25) is 4.79 Å². The van der Waals surface area contributed by atoms with Gasteiger partial charge in [0, 0.05) is 0 Å².